The molecule has 2 nitrogen and oxygen atoms in total. The Hall–Kier alpha value is -1.23. The van der Waals surface area contributed by atoms with E-state index in [-0.39, 0.29) is 16.7 Å². The fourth-order valence-electron chi connectivity index (χ4n) is 5.46. The Morgan fingerprint density at radius 1 is 1.26 bits per heavy atom. The topological polar surface area (TPSA) is 33.0 Å². The summed E-state index contributed by atoms with van der Waals surface area (Å²) in [5.41, 5.74) is 1.52. The Balaban J connectivity index is 1.81. The van der Waals surface area contributed by atoms with E-state index in [0.717, 1.165) is 18.1 Å². The number of nitriles is 1. The van der Waals surface area contributed by atoms with E-state index in [1.807, 2.05) is 13.8 Å². The first kappa shape index (κ1) is 16.6. The van der Waals surface area contributed by atoms with Crippen molar-refractivity contribution in [3.63, 3.8) is 0 Å². The molecule has 2 saturated carbocycles. The van der Waals surface area contributed by atoms with Crippen molar-refractivity contribution in [2.45, 2.75) is 73.3 Å². The second-order valence-corrected chi connectivity index (χ2v) is 9.55. The molecule has 126 valence electrons. The summed E-state index contributed by atoms with van der Waals surface area (Å²) in [4.78, 5) is 0. The number of rotatable bonds is 3. The molecule has 23 heavy (non-hydrogen) atoms. The molecule has 0 amide bonds. The van der Waals surface area contributed by atoms with E-state index in [1.54, 1.807) is 0 Å². The highest BCUT2D eigenvalue weighted by Crippen LogP contribution is 2.64. The SMILES string of the molecule is CC1=CC=C(O[C@H]2C(C)(C)[C@H]3CC[C@]2(C)C3)C[C@H]1C(C)(C)C#N. The number of nitrogens with zero attached hydrogens (tertiary/aromatic N) is 1. The maximum atomic E-state index is 9.51. The van der Waals surface area contributed by atoms with E-state index in [1.165, 1.54) is 24.8 Å². The molecular weight excluding hydrogens is 282 g/mol. The lowest BCUT2D eigenvalue weighted by molar-refractivity contribution is -0.0617. The summed E-state index contributed by atoms with van der Waals surface area (Å²) in [5, 5.41) is 9.51. The molecule has 0 radical (unpaired) electrons. The number of allylic oxidation sites excluding steroid dienone is 4. The zero-order valence-corrected chi connectivity index (χ0v) is 15.6. The molecule has 3 aliphatic rings. The van der Waals surface area contributed by atoms with Crippen LogP contribution < -0.4 is 0 Å². The van der Waals surface area contributed by atoms with Gasteiger partial charge in [-0.1, -0.05) is 32.4 Å². The summed E-state index contributed by atoms with van der Waals surface area (Å²) in [5.74, 6) is 2.13. The van der Waals surface area contributed by atoms with Gasteiger partial charge in [-0.25, -0.2) is 0 Å². The number of hydrogen-bond acceptors (Lipinski definition) is 2. The zero-order chi connectivity index (χ0) is 17.0. The third-order valence-electron chi connectivity index (χ3n) is 7.05. The molecule has 0 aromatic heterocycles. The predicted molar refractivity (Wildman–Crippen MR) is 93.4 cm³/mol. The number of hydrogen-bond donors (Lipinski definition) is 0. The first-order valence-corrected chi connectivity index (χ1v) is 9.05. The fourth-order valence-corrected chi connectivity index (χ4v) is 5.46. The van der Waals surface area contributed by atoms with Gasteiger partial charge in [-0.3, -0.25) is 0 Å². The Labute approximate surface area is 141 Å². The molecule has 0 N–H and O–H groups in total. The minimum absolute atomic E-state index is 0.252. The van der Waals surface area contributed by atoms with E-state index in [0.29, 0.717) is 11.5 Å². The van der Waals surface area contributed by atoms with Crippen LogP contribution in [-0.4, -0.2) is 6.10 Å². The van der Waals surface area contributed by atoms with Crippen molar-refractivity contribution >= 4 is 0 Å². The molecule has 0 saturated heterocycles. The first-order valence-electron chi connectivity index (χ1n) is 9.05. The largest absolute Gasteiger partial charge is 0.494 e. The second kappa shape index (κ2) is 5.13. The normalized spacial score (nSPS) is 38.7. The average Bonchev–Trinajstić information content (AvgIpc) is 2.96. The van der Waals surface area contributed by atoms with E-state index in [2.05, 4.69) is 45.9 Å². The van der Waals surface area contributed by atoms with Gasteiger partial charge in [0.05, 0.1) is 17.2 Å². The van der Waals surface area contributed by atoms with Crippen LogP contribution in [0.25, 0.3) is 0 Å². The third kappa shape index (κ3) is 2.53. The summed E-state index contributed by atoms with van der Waals surface area (Å²) in [6, 6.07) is 2.48. The van der Waals surface area contributed by atoms with Crippen LogP contribution in [0.5, 0.6) is 0 Å². The van der Waals surface area contributed by atoms with Gasteiger partial charge in [0.15, 0.2) is 0 Å². The molecule has 2 heteroatoms. The second-order valence-electron chi connectivity index (χ2n) is 9.55. The van der Waals surface area contributed by atoms with Crippen LogP contribution in [0.1, 0.15) is 67.2 Å². The van der Waals surface area contributed by atoms with Crippen molar-refractivity contribution in [1.82, 2.24) is 0 Å². The highest BCUT2D eigenvalue weighted by molar-refractivity contribution is 5.27. The van der Waals surface area contributed by atoms with Gasteiger partial charge >= 0.3 is 0 Å². The molecule has 2 fully saturated rings. The van der Waals surface area contributed by atoms with E-state index in [4.69, 9.17) is 4.74 Å². The molecular formula is C21H31NO. The quantitative estimate of drug-likeness (QED) is 0.677. The lowest BCUT2D eigenvalue weighted by atomic mass is 9.69. The van der Waals surface area contributed by atoms with Crippen LogP contribution in [0.15, 0.2) is 23.5 Å². The van der Waals surface area contributed by atoms with Gasteiger partial charge in [0.2, 0.25) is 0 Å². The van der Waals surface area contributed by atoms with Crippen LogP contribution in [0.4, 0.5) is 0 Å². The molecule has 0 aromatic rings. The van der Waals surface area contributed by atoms with Crippen molar-refractivity contribution in [1.29, 1.82) is 5.26 Å². The minimum atomic E-state index is -0.350. The van der Waals surface area contributed by atoms with Crippen LogP contribution in [0.2, 0.25) is 0 Å². The summed E-state index contributed by atoms with van der Waals surface area (Å²) in [7, 11) is 0. The van der Waals surface area contributed by atoms with Gasteiger partial charge in [-0.05, 0) is 52.0 Å². The maximum Gasteiger partial charge on any atom is 0.109 e. The lowest BCUT2D eigenvalue weighted by Gasteiger charge is -2.44. The summed E-state index contributed by atoms with van der Waals surface area (Å²) in [6.45, 7) is 13.4. The molecule has 4 atom stereocenters. The summed E-state index contributed by atoms with van der Waals surface area (Å²) >= 11 is 0. The molecule has 0 spiro atoms. The van der Waals surface area contributed by atoms with Gasteiger partial charge in [-0.15, -0.1) is 0 Å². The van der Waals surface area contributed by atoms with E-state index >= 15 is 0 Å². The number of fused-ring (bicyclic) bond motifs is 2. The van der Waals surface area contributed by atoms with Gasteiger partial charge in [0.1, 0.15) is 6.10 Å². The van der Waals surface area contributed by atoms with Gasteiger partial charge < -0.3 is 4.74 Å². The molecule has 0 heterocycles. The van der Waals surface area contributed by atoms with Crippen LogP contribution in [0, 0.1) is 39.4 Å². The maximum absolute atomic E-state index is 9.51. The lowest BCUT2D eigenvalue weighted by Crippen LogP contribution is -2.42. The highest BCUT2D eigenvalue weighted by Gasteiger charge is 2.61. The van der Waals surface area contributed by atoms with Gasteiger partial charge in [0.25, 0.3) is 0 Å². The molecule has 0 unspecified atom stereocenters. The van der Waals surface area contributed by atoms with Crippen molar-refractivity contribution in [2.75, 3.05) is 0 Å². The van der Waals surface area contributed by atoms with Crippen molar-refractivity contribution in [2.24, 2.45) is 28.1 Å². The van der Waals surface area contributed by atoms with Crippen molar-refractivity contribution in [3.05, 3.63) is 23.5 Å². The Bertz CT molecular complexity index is 599. The fraction of sp³-hybridized carbons (Fsp3) is 0.762. The monoisotopic (exact) mass is 313 g/mol. The van der Waals surface area contributed by atoms with Crippen molar-refractivity contribution in [3.8, 4) is 6.07 Å². The highest BCUT2D eigenvalue weighted by atomic mass is 16.5. The van der Waals surface area contributed by atoms with Crippen LogP contribution >= 0.6 is 0 Å². The molecule has 2 bridgehead atoms. The average molecular weight is 313 g/mol. The van der Waals surface area contributed by atoms with E-state index in [9.17, 15) is 5.26 Å². The first-order chi connectivity index (χ1) is 10.6. The Morgan fingerprint density at radius 3 is 2.52 bits per heavy atom. The smallest absolute Gasteiger partial charge is 0.109 e. The standard InChI is InChI=1S/C21H31NO/c1-14-7-8-16(11-17(14)19(2,3)13-22)23-18-20(4,5)15-9-10-21(18,6)12-15/h7-8,15,17-18H,9-12H2,1-6H3/t15-,17+,18-,21+/m0/s1. The Kier molecular flexibility index (Phi) is 3.71. The molecule has 0 aliphatic heterocycles. The van der Waals surface area contributed by atoms with Crippen molar-refractivity contribution < 1.29 is 4.74 Å². The van der Waals surface area contributed by atoms with Crippen LogP contribution in [0.3, 0.4) is 0 Å². The van der Waals surface area contributed by atoms with Gasteiger partial charge in [0, 0.05) is 23.2 Å². The number of ether oxygens (including phenoxy) is 1. The zero-order valence-electron chi connectivity index (χ0n) is 15.6. The summed E-state index contributed by atoms with van der Waals surface area (Å²) < 4.78 is 6.63. The van der Waals surface area contributed by atoms with Gasteiger partial charge in [-0.2, -0.15) is 5.26 Å². The third-order valence-corrected chi connectivity index (χ3v) is 7.05. The molecule has 3 aliphatic carbocycles. The summed E-state index contributed by atoms with van der Waals surface area (Å²) in [6.07, 6.45) is 9.41. The minimum Gasteiger partial charge on any atom is -0.494 e. The molecule has 0 aromatic carbocycles. The Morgan fingerprint density at radius 2 is 1.96 bits per heavy atom. The van der Waals surface area contributed by atoms with E-state index < -0.39 is 0 Å². The predicted octanol–water partition coefficient (Wildman–Crippen LogP) is 5.62. The van der Waals surface area contributed by atoms with Crippen LogP contribution in [-0.2, 0) is 4.74 Å². The molecule has 3 rings (SSSR count).